The molecule has 1 unspecified atom stereocenters. The summed E-state index contributed by atoms with van der Waals surface area (Å²) in [5, 5.41) is 5.08. The predicted octanol–water partition coefficient (Wildman–Crippen LogP) is 4.47. The van der Waals surface area contributed by atoms with E-state index in [0.717, 1.165) is 31.2 Å². The number of ether oxygens (including phenoxy) is 1. The molecule has 0 amide bonds. The number of hydrogen-bond acceptors (Lipinski definition) is 4. The van der Waals surface area contributed by atoms with Crippen molar-refractivity contribution in [2.75, 3.05) is 0 Å². The molecule has 2 saturated heterocycles. The molecule has 21 heavy (non-hydrogen) atoms. The second-order valence-electron chi connectivity index (χ2n) is 5.71. The molecule has 1 aromatic carbocycles. The topological polar surface area (TPSA) is 48.2 Å². The van der Waals surface area contributed by atoms with Gasteiger partial charge in [0.1, 0.15) is 0 Å². The van der Waals surface area contributed by atoms with Crippen molar-refractivity contribution in [3.63, 3.8) is 0 Å². The average Bonchev–Trinajstić information content (AvgIpc) is 3.09. The molecule has 2 aromatic rings. The molecule has 4 nitrogen and oxygen atoms in total. The van der Waals surface area contributed by atoms with Crippen LogP contribution in [-0.2, 0) is 4.74 Å². The van der Waals surface area contributed by atoms with E-state index < -0.39 is 0 Å². The minimum Gasteiger partial charge on any atom is -0.375 e. The van der Waals surface area contributed by atoms with Gasteiger partial charge in [0.05, 0.1) is 22.3 Å². The SMILES string of the molecule is Clc1ccc(-c2noc(C3C[C@H]4CC[C@@H](C3)O4)n2)cc1Cl. The second kappa shape index (κ2) is 5.27. The molecule has 0 spiro atoms. The number of fused-ring (bicyclic) bond motifs is 2. The van der Waals surface area contributed by atoms with E-state index >= 15 is 0 Å². The zero-order chi connectivity index (χ0) is 14.4. The first-order valence-corrected chi connectivity index (χ1v) is 7.89. The monoisotopic (exact) mass is 324 g/mol. The van der Waals surface area contributed by atoms with Crippen molar-refractivity contribution in [2.24, 2.45) is 0 Å². The predicted molar refractivity (Wildman–Crippen MR) is 79.6 cm³/mol. The maximum atomic E-state index is 6.03. The third-order valence-corrected chi connectivity index (χ3v) is 5.00. The molecule has 110 valence electrons. The number of rotatable bonds is 2. The molecule has 0 aliphatic carbocycles. The number of halogens is 2. The first kappa shape index (κ1) is 13.6. The molecule has 3 atom stereocenters. The highest BCUT2D eigenvalue weighted by Gasteiger charge is 2.37. The first-order chi connectivity index (χ1) is 10.2. The molecule has 4 rings (SSSR count). The lowest BCUT2D eigenvalue weighted by Gasteiger charge is -2.25. The number of benzene rings is 1. The Morgan fingerprint density at radius 2 is 1.81 bits per heavy atom. The van der Waals surface area contributed by atoms with Crippen LogP contribution in [0.15, 0.2) is 22.7 Å². The standard InChI is InChI=1S/C15H14Cl2N2O2/c16-12-4-1-8(7-13(12)17)14-18-15(21-19-14)9-5-10-2-3-11(6-9)20-10/h1,4,7,9-11H,2-3,5-6H2/t9?,10-,11+. The zero-order valence-corrected chi connectivity index (χ0v) is 12.8. The van der Waals surface area contributed by atoms with Crippen molar-refractivity contribution in [3.8, 4) is 11.4 Å². The molecule has 3 heterocycles. The summed E-state index contributed by atoms with van der Waals surface area (Å²) >= 11 is 12.0. The lowest BCUT2D eigenvalue weighted by atomic mass is 9.95. The molecule has 1 aromatic heterocycles. The summed E-state index contributed by atoms with van der Waals surface area (Å²) in [4.78, 5) is 4.54. The summed E-state index contributed by atoms with van der Waals surface area (Å²) in [5.74, 6) is 1.57. The quantitative estimate of drug-likeness (QED) is 0.817. The average molecular weight is 325 g/mol. The minimum absolute atomic E-state index is 0.306. The lowest BCUT2D eigenvalue weighted by Crippen LogP contribution is -2.23. The molecule has 2 bridgehead atoms. The zero-order valence-electron chi connectivity index (χ0n) is 11.3. The Kier molecular flexibility index (Phi) is 3.40. The highest BCUT2D eigenvalue weighted by atomic mass is 35.5. The Labute approximate surface area is 132 Å². The normalized spacial score (nSPS) is 28.0. The van der Waals surface area contributed by atoms with E-state index in [-0.39, 0.29) is 0 Å². The van der Waals surface area contributed by atoms with Gasteiger partial charge in [-0.1, -0.05) is 28.4 Å². The van der Waals surface area contributed by atoms with Gasteiger partial charge < -0.3 is 9.26 Å². The van der Waals surface area contributed by atoms with Gasteiger partial charge in [0.15, 0.2) is 0 Å². The van der Waals surface area contributed by atoms with Crippen LogP contribution in [0, 0.1) is 0 Å². The van der Waals surface area contributed by atoms with E-state index in [9.17, 15) is 0 Å². The third-order valence-electron chi connectivity index (χ3n) is 4.26. The van der Waals surface area contributed by atoms with Crippen molar-refractivity contribution >= 4 is 23.2 Å². The molecule has 2 aliphatic heterocycles. The summed E-state index contributed by atoms with van der Waals surface area (Å²) in [7, 11) is 0. The fourth-order valence-electron chi connectivity index (χ4n) is 3.21. The van der Waals surface area contributed by atoms with E-state index in [0.29, 0.717) is 39.9 Å². The van der Waals surface area contributed by atoms with Crippen LogP contribution < -0.4 is 0 Å². The van der Waals surface area contributed by atoms with Crippen LogP contribution >= 0.6 is 23.2 Å². The first-order valence-electron chi connectivity index (χ1n) is 7.13. The van der Waals surface area contributed by atoms with Crippen LogP contribution in [0.25, 0.3) is 11.4 Å². The molecule has 0 saturated carbocycles. The van der Waals surface area contributed by atoms with Crippen LogP contribution in [0.4, 0.5) is 0 Å². The maximum Gasteiger partial charge on any atom is 0.230 e. The van der Waals surface area contributed by atoms with Gasteiger partial charge in [-0.3, -0.25) is 0 Å². The van der Waals surface area contributed by atoms with Crippen molar-refractivity contribution in [2.45, 2.75) is 43.8 Å². The van der Waals surface area contributed by atoms with Crippen molar-refractivity contribution < 1.29 is 9.26 Å². The molecule has 0 radical (unpaired) electrons. The van der Waals surface area contributed by atoms with E-state index in [1.165, 1.54) is 0 Å². The van der Waals surface area contributed by atoms with Crippen LogP contribution in [0.5, 0.6) is 0 Å². The van der Waals surface area contributed by atoms with Gasteiger partial charge >= 0.3 is 0 Å². The minimum atomic E-state index is 0.306. The highest BCUT2D eigenvalue weighted by molar-refractivity contribution is 6.42. The van der Waals surface area contributed by atoms with Crippen LogP contribution in [0.2, 0.25) is 10.0 Å². The van der Waals surface area contributed by atoms with Crippen LogP contribution in [0.1, 0.15) is 37.5 Å². The molecule has 6 heteroatoms. The van der Waals surface area contributed by atoms with Gasteiger partial charge in [-0.15, -0.1) is 0 Å². The van der Waals surface area contributed by atoms with Gasteiger partial charge in [-0.05, 0) is 43.9 Å². The molecule has 2 fully saturated rings. The highest BCUT2D eigenvalue weighted by Crippen LogP contribution is 2.40. The van der Waals surface area contributed by atoms with E-state index in [1.807, 2.05) is 6.07 Å². The fraction of sp³-hybridized carbons (Fsp3) is 0.467. The van der Waals surface area contributed by atoms with Gasteiger partial charge in [0.25, 0.3) is 0 Å². The summed E-state index contributed by atoms with van der Waals surface area (Å²) in [6.07, 6.45) is 4.95. The Morgan fingerprint density at radius 3 is 2.52 bits per heavy atom. The lowest BCUT2D eigenvalue weighted by molar-refractivity contribution is -0.00849. The number of hydrogen-bond donors (Lipinski definition) is 0. The second-order valence-corrected chi connectivity index (χ2v) is 6.53. The number of nitrogens with zero attached hydrogens (tertiary/aromatic N) is 2. The maximum absolute atomic E-state index is 6.03. The fourth-order valence-corrected chi connectivity index (χ4v) is 3.51. The van der Waals surface area contributed by atoms with Crippen LogP contribution in [0.3, 0.4) is 0 Å². The number of aromatic nitrogens is 2. The Morgan fingerprint density at radius 1 is 1.05 bits per heavy atom. The van der Waals surface area contributed by atoms with E-state index in [1.54, 1.807) is 12.1 Å². The Bertz CT molecular complexity index is 661. The summed E-state index contributed by atoms with van der Waals surface area (Å²) < 4.78 is 11.3. The molecule has 2 aliphatic rings. The molecular formula is C15H14Cl2N2O2. The summed E-state index contributed by atoms with van der Waals surface area (Å²) in [6, 6.07) is 5.34. The molecule has 0 N–H and O–H groups in total. The van der Waals surface area contributed by atoms with Crippen molar-refractivity contribution in [1.82, 2.24) is 10.1 Å². The van der Waals surface area contributed by atoms with E-state index in [4.69, 9.17) is 32.5 Å². The smallest absolute Gasteiger partial charge is 0.230 e. The van der Waals surface area contributed by atoms with Gasteiger partial charge in [-0.2, -0.15) is 4.98 Å². The largest absolute Gasteiger partial charge is 0.375 e. The van der Waals surface area contributed by atoms with Crippen molar-refractivity contribution in [1.29, 1.82) is 0 Å². The summed E-state index contributed by atoms with van der Waals surface area (Å²) in [5.41, 5.74) is 0.814. The third kappa shape index (κ3) is 2.56. The van der Waals surface area contributed by atoms with Crippen molar-refractivity contribution in [3.05, 3.63) is 34.1 Å². The van der Waals surface area contributed by atoms with Gasteiger partial charge in [0, 0.05) is 11.5 Å². The Balaban J connectivity index is 1.59. The van der Waals surface area contributed by atoms with Gasteiger partial charge in [-0.25, -0.2) is 0 Å². The van der Waals surface area contributed by atoms with Gasteiger partial charge in [0.2, 0.25) is 11.7 Å². The van der Waals surface area contributed by atoms with E-state index in [2.05, 4.69) is 10.1 Å². The summed E-state index contributed by atoms with van der Waals surface area (Å²) in [6.45, 7) is 0. The Hall–Kier alpha value is -1.10. The molecular weight excluding hydrogens is 311 g/mol. The van der Waals surface area contributed by atoms with Crippen LogP contribution in [-0.4, -0.2) is 22.3 Å².